The molecule has 0 aromatic heterocycles. The Balaban J connectivity index is 2.39. The second kappa shape index (κ2) is 3.30. The maximum absolute atomic E-state index is 5.86. The molecule has 0 aliphatic carbocycles. The van der Waals surface area contributed by atoms with Crippen LogP contribution in [0.1, 0.15) is 25.8 Å². The summed E-state index contributed by atoms with van der Waals surface area (Å²) in [5.41, 5.74) is 2.07. The molecule has 0 N–H and O–H groups in total. The maximum Gasteiger partial charge on any atom is 0.273 e. The molecule has 0 fully saturated rings. The number of benzene rings is 1. The van der Waals surface area contributed by atoms with Crippen LogP contribution >= 0.6 is 0 Å². The third kappa shape index (κ3) is 1.50. The zero-order valence-corrected chi connectivity index (χ0v) is 9.46. The van der Waals surface area contributed by atoms with Gasteiger partial charge in [0.25, 0.3) is 5.79 Å². The minimum atomic E-state index is -0.657. The topological polar surface area (TPSA) is 18.5 Å². The van der Waals surface area contributed by atoms with E-state index >= 15 is 0 Å². The lowest BCUT2D eigenvalue weighted by molar-refractivity contribution is -0.0461. The molecule has 0 saturated carbocycles. The average Bonchev–Trinajstić information content (AvgIpc) is 2.56. The zero-order valence-electron chi connectivity index (χ0n) is 9.46. The molecule has 15 heavy (non-hydrogen) atoms. The van der Waals surface area contributed by atoms with E-state index in [2.05, 4.69) is 6.58 Å². The molecule has 80 valence electrons. The molecule has 2 heteroatoms. The first kappa shape index (κ1) is 10.1. The number of ether oxygens (including phenoxy) is 2. The van der Waals surface area contributed by atoms with Crippen LogP contribution in [0.3, 0.4) is 0 Å². The third-order valence-corrected chi connectivity index (χ3v) is 2.76. The van der Waals surface area contributed by atoms with Gasteiger partial charge in [-0.2, -0.15) is 0 Å². The molecule has 0 spiro atoms. The minimum absolute atomic E-state index is 0.657. The minimum Gasteiger partial charge on any atom is -0.445 e. The fraction of sp³-hybridized carbons (Fsp3) is 0.385. The molecule has 1 heterocycles. The van der Waals surface area contributed by atoms with Gasteiger partial charge in [0.15, 0.2) is 11.5 Å². The van der Waals surface area contributed by atoms with Crippen LogP contribution in [0.4, 0.5) is 0 Å². The van der Waals surface area contributed by atoms with Crippen LogP contribution < -0.4 is 9.47 Å². The molecule has 2 rings (SSSR count). The fourth-order valence-corrected chi connectivity index (χ4v) is 1.78. The first-order valence-corrected chi connectivity index (χ1v) is 5.22. The first-order chi connectivity index (χ1) is 7.07. The van der Waals surface area contributed by atoms with E-state index in [9.17, 15) is 0 Å². The number of hydrogen-bond acceptors (Lipinski definition) is 2. The first-order valence-electron chi connectivity index (χ1n) is 5.22. The fourth-order valence-electron chi connectivity index (χ4n) is 1.78. The summed E-state index contributed by atoms with van der Waals surface area (Å²) in [7, 11) is 0. The van der Waals surface area contributed by atoms with Gasteiger partial charge in [0.05, 0.1) is 0 Å². The van der Waals surface area contributed by atoms with E-state index in [1.807, 2.05) is 39.0 Å². The highest BCUT2D eigenvalue weighted by molar-refractivity contribution is 5.46. The molecule has 1 aliphatic heterocycles. The molecule has 0 radical (unpaired) electrons. The van der Waals surface area contributed by atoms with Crippen LogP contribution in [0.25, 0.3) is 0 Å². The highest BCUT2D eigenvalue weighted by Crippen LogP contribution is 2.43. The molecule has 1 unspecified atom stereocenters. The molecular weight excluding hydrogens is 188 g/mol. The summed E-state index contributed by atoms with van der Waals surface area (Å²) in [4.78, 5) is 0. The highest BCUT2D eigenvalue weighted by atomic mass is 16.7. The van der Waals surface area contributed by atoms with Crippen LogP contribution in [-0.2, 0) is 0 Å². The Morgan fingerprint density at radius 3 is 2.60 bits per heavy atom. The Morgan fingerprint density at radius 2 is 2.00 bits per heavy atom. The molecular formula is C13H16O2. The van der Waals surface area contributed by atoms with Crippen molar-refractivity contribution in [2.75, 3.05) is 0 Å². The molecule has 1 aromatic carbocycles. The van der Waals surface area contributed by atoms with E-state index < -0.39 is 5.79 Å². The standard InChI is InChI=1S/C13H16O2/c1-5-13(9(2)3)14-11-7-6-10(4)8-12(11)15-13/h6-8H,2,5H2,1,3-4H3. The molecule has 2 nitrogen and oxygen atoms in total. The molecule has 0 bridgehead atoms. The van der Waals surface area contributed by atoms with Crippen molar-refractivity contribution in [2.24, 2.45) is 0 Å². The van der Waals surface area contributed by atoms with Crippen LogP contribution in [-0.4, -0.2) is 5.79 Å². The summed E-state index contributed by atoms with van der Waals surface area (Å²) < 4.78 is 11.7. The molecule has 1 aromatic rings. The van der Waals surface area contributed by atoms with Crippen molar-refractivity contribution >= 4 is 0 Å². The summed E-state index contributed by atoms with van der Waals surface area (Å²) in [6, 6.07) is 5.97. The lowest BCUT2D eigenvalue weighted by Gasteiger charge is -2.26. The van der Waals surface area contributed by atoms with Gasteiger partial charge in [0.1, 0.15) is 0 Å². The number of fused-ring (bicyclic) bond motifs is 1. The van der Waals surface area contributed by atoms with E-state index in [1.54, 1.807) is 0 Å². The van der Waals surface area contributed by atoms with Crippen LogP contribution in [0.15, 0.2) is 30.4 Å². The molecule has 1 aliphatic rings. The summed E-state index contributed by atoms with van der Waals surface area (Å²) in [6.45, 7) is 9.94. The Labute approximate surface area is 90.5 Å². The number of aryl methyl sites for hydroxylation is 1. The second-order valence-corrected chi connectivity index (χ2v) is 4.04. The monoisotopic (exact) mass is 204 g/mol. The highest BCUT2D eigenvalue weighted by Gasteiger charge is 2.40. The Bertz CT molecular complexity index is 409. The maximum atomic E-state index is 5.86. The summed E-state index contributed by atoms with van der Waals surface area (Å²) in [5.74, 6) is 0.973. The Kier molecular flexibility index (Phi) is 2.22. The number of hydrogen-bond donors (Lipinski definition) is 0. The van der Waals surface area contributed by atoms with E-state index in [0.29, 0.717) is 0 Å². The van der Waals surface area contributed by atoms with Gasteiger partial charge in [-0.15, -0.1) is 0 Å². The Morgan fingerprint density at radius 1 is 1.33 bits per heavy atom. The van der Waals surface area contributed by atoms with Gasteiger partial charge >= 0.3 is 0 Å². The van der Waals surface area contributed by atoms with Gasteiger partial charge in [-0.3, -0.25) is 0 Å². The van der Waals surface area contributed by atoms with Crippen molar-refractivity contribution in [2.45, 2.75) is 33.0 Å². The average molecular weight is 204 g/mol. The second-order valence-electron chi connectivity index (χ2n) is 4.04. The third-order valence-electron chi connectivity index (χ3n) is 2.76. The zero-order chi connectivity index (χ0) is 11.1. The van der Waals surface area contributed by atoms with Crippen LogP contribution in [0.5, 0.6) is 11.5 Å². The molecule has 1 atom stereocenters. The van der Waals surface area contributed by atoms with Crippen molar-refractivity contribution in [3.63, 3.8) is 0 Å². The van der Waals surface area contributed by atoms with Gasteiger partial charge in [0, 0.05) is 12.0 Å². The van der Waals surface area contributed by atoms with E-state index in [-0.39, 0.29) is 0 Å². The lowest BCUT2D eigenvalue weighted by atomic mass is 10.1. The largest absolute Gasteiger partial charge is 0.445 e. The summed E-state index contributed by atoms with van der Waals surface area (Å²) >= 11 is 0. The van der Waals surface area contributed by atoms with Crippen molar-refractivity contribution in [1.29, 1.82) is 0 Å². The molecule has 0 saturated heterocycles. The van der Waals surface area contributed by atoms with Gasteiger partial charge in [-0.05, 0) is 31.5 Å². The molecule has 0 amide bonds. The van der Waals surface area contributed by atoms with Gasteiger partial charge < -0.3 is 9.47 Å². The predicted molar refractivity (Wildman–Crippen MR) is 60.3 cm³/mol. The number of rotatable bonds is 2. The smallest absolute Gasteiger partial charge is 0.273 e. The Hall–Kier alpha value is -1.44. The van der Waals surface area contributed by atoms with E-state index in [1.165, 1.54) is 5.56 Å². The van der Waals surface area contributed by atoms with Gasteiger partial charge in [-0.1, -0.05) is 19.6 Å². The normalized spacial score (nSPS) is 22.9. The van der Waals surface area contributed by atoms with Crippen molar-refractivity contribution in [3.05, 3.63) is 35.9 Å². The van der Waals surface area contributed by atoms with E-state index in [4.69, 9.17) is 9.47 Å². The quantitative estimate of drug-likeness (QED) is 0.687. The van der Waals surface area contributed by atoms with Crippen molar-refractivity contribution in [3.8, 4) is 11.5 Å². The summed E-state index contributed by atoms with van der Waals surface area (Å²) in [6.07, 6.45) is 0.760. The summed E-state index contributed by atoms with van der Waals surface area (Å²) in [5, 5.41) is 0. The van der Waals surface area contributed by atoms with Gasteiger partial charge in [0.2, 0.25) is 0 Å². The lowest BCUT2D eigenvalue weighted by Crippen LogP contribution is -2.38. The van der Waals surface area contributed by atoms with Crippen LogP contribution in [0, 0.1) is 6.92 Å². The predicted octanol–water partition coefficient (Wildman–Crippen LogP) is 3.45. The SMILES string of the molecule is C=C(C)C1(CC)Oc2ccc(C)cc2O1. The van der Waals surface area contributed by atoms with Crippen molar-refractivity contribution in [1.82, 2.24) is 0 Å². The van der Waals surface area contributed by atoms with E-state index in [0.717, 1.165) is 23.5 Å². The van der Waals surface area contributed by atoms with Crippen LogP contribution in [0.2, 0.25) is 0 Å². The van der Waals surface area contributed by atoms with Crippen molar-refractivity contribution < 1.29 is 9.47 Å². The van der Waals surface area contributed by atoms with Gasteiger partial charge in [-0.25, -0.2) is 0 Å².